The fourth-order valence-electron chi connectivity index (χ4n) is 13.9. The average molecular weight is 1080 g/mol. The van der Waals surface area contributed by atoms with E-state index < -0.39 is 5.41 Å². The minimum absolute atomic E-state index is 0.446. The molecule has 16 rings (SSSR count). The van der Waals surface area contributed by atoms with Gasteiger partial charge in [0.2, 0.25) is 0 Å². The third-order valence-electron chi connectivity index (χ3n) is 17.8. The summed E-state index contributed by atoms with van der Waals surface area (Å²) in [6, 6.07) is 126. The van der Waals surface area contributed by atoms with E-state index in [1.807, 2.05) is 0 Å². The van der Waals surface area contributed by atoms with Gasteiger partial charge in [-0.05, 0) is 223 Å². The van der Waals surface area contributed by atoms with Gasteiger partial charge in [-0.3, -0.25) is 0 Å². The van der Waals surface area contributed by atoms with Crippen LogP contribution in [0.3, 0.4) is 0 Å². The lowest BCUT2D eigenvalue weighted by Gasteiger charge is -2.30. The van der Waals surface area contributed by atoms with Crippen LogP contribution in [0.15, 0.2) is 340 Å². The van der Waals surface area contributed by atoms with Gasteiger partial charge in [0.15, 0.2) is 0 Å². The molecule has 2 aliphatic rings. The van der Waals surface area contributed by atoms with E-state index in [4.69, 9.17) is 0 Å². The van der Waals surface area contributed by atoms with Gasteiger partial charge in [-0.2, -0.15) is 0 Å². The quantitative estimate of drug-likeness (QED) is 0.128. The van der Waals surface area contributed by atoms with Crippen LogP contribution in [0.1, 0.15) is 22.3 Å². The van der Waals surface area contributed by atoms with E-state index in [1.54, 1.807) is 0 Å². The van der Waals surface area contributed by atoms with E-state index in [2.05, 4.69) is 340 Å². The first-order valence-electron chi connectivity index (χ1n) is 29.5. The lowest BCUT2D eigenvalue weighted by molar-refractivity contribution is 0.794. The maximum Gasteiger partial charge on any atom is 0.0725 e. The second kappa shape index (κ2) is 20.8. The second-order valence-corrected chi connectivity index (χ2v) is 22.7. The van der Waals surface area contributed by atoms with Crippen LogP contribution in [0.4, 0.5) is 0 Å². The SMILES string of the molecule is c1ccc(-c2cc(-c3ccccc3)cc(-c3cccc(-c4ccc(-c5cc(-c6cccc(-c7cc(-c8ccccc8)cc(-c8ccccc8)c7)c6)cc(-c6cccc7c6-c6ccccc6C76c7ccccc7-c7ccccc76)c5)cc4)c3)c2)cc1. The predicted octanol–water partition coefficient (Wildman–Crippen LogP) is 22.7. The van der Waals surface area contributed by atoms with Crippen molar-refractivity contribution in [3.63, 3.8) is 0 Å². The third kappa shape index (κ3) is 8.69. The molecule has 396 valence electrons. The molecule has 0 fully saturated rings. The van der Waals surface area contributed by atoms with Crippen molar-refractivity contribution in [2.75, 3.05) is 0 Å². The van der Waals surface area contributed by atoms with Crippen molar-refractivity contribution in [2.45, 2.75) is 5.41 Å². The summed E-state index contributed by atoms with van der Waals surface area (Å²) in [7, 11) is 0. The molecule has 0 aliphatic heterocycles. The molecule has 1 spiro atoms. The molecule has 0 N–H and O–H groups in total. The molecule has 0 nitrogen and oxygen atoms in total. The molecule has 85 heavy (non-hydrogen) atoms. The third-order valence-corrected chi connectivity index (χ3v) is 17.8. The maximum absolute atomic E-state index is 2.44. The molecule has 0 heteroatoms. The zero-order chi connectivity index (χ0) is 56.3. The largest absolute Gasteiger partial charge is 0.0725 e. The van der Waals surface area contributed by atoms with Gasteiger partial charge in [0, 0.05) is 0 Å². The molecule has 2 aliphatic carbocycles. The van der Waals surface area contributed by atoms with Crippen LogP contribution >= 0.6 is 0 Å². The van der Waals surface area contributed by atoms with Gasteiger partial charge in [0.25, 0.3) is 0 Å². The monoisotopic (exact) mass is 1080 g/mol. The first-order valence-corrected chi connectivity index (χ1v) is 29.5. The molecule has 14 aromatic rings. The fourth-order valence-corrected chi connectivity index (χ4v) is 13.9. The summed E-state index contributed by atoms with van der Waals surface area (Å²) >= 11 is 0. The lowest BCUT2D eigenvalue weighted by atomic mass is 9.70. The molecule has 0 saturated heterocycles. The molecule has 0 unspecified atom stereocenters. The zero-order valence-corrected chi connectivity index (χ0v) is 46.8. The van der Waals surface area contributed by atoms with Crippen molar-refractivity contribution in [1.82, 2.24) is 0 Å². The van der Waals surface area contributed by atoms with E-state index in [9.17, 15) is 0 Å². The Bertz CT molecular complexity index is 4680. The molecule has 0 atom stereocenters. The lowest BCUT2D eigenvalue weighted by Crippen LogP contribution is -2.25. The average Bonchev–Trinajstić information content (AvgIpc) is 1.57. The molecular weight excluding hydrogens is 1020 g/mol. The molecule has 0 heterocycles. The zero-order valence-electron chi connectivity index (χ0n) is 46.8. The van der Waals surface area contributed by atoms with E-state index >= 15 is 0 Å². The van der Waals surface area contributed by atoms with Gasteiger partial charge in [-0.1, -0.05) is 273 Å². The van der Waals surface area contributed by atoms with E-state index in [1.165, 1.54) is 134 Å². The van der Waals surface area contributed by atoms with Crippen LogP contribution in [0.25, 0.3) is 134 Å². The van der Waals surface area contributed by atoms with Crippen molar-refractivity contribution in [3.05, 3.63) is 362 Å². The van der Waals surface area contributed by atoms with Crippen LogP contribution in [0, 0.1) is 0 Å². The van der Waals surface area contributed by atoms with Gasteiger partial charge in [-0.25, -0.2) is 0 Å². The molecule has 0 amide bonds. The number of benzene rings is 14. The number of hydrogen-bond donors (Lipinski definition) is 0. The van der Waals surface area contributed by atoms with Crippen LogP contribution in [0.2, 0.25) is 0 Å². The summed E-state index contributed by atoms with van der Waals surface area (Å²) < 4.78 is 0. The minimum atomic E-state index is -0.446. The fraction of sp³-hybridized carbons (Fsp3) is 0.0118. The number of fused-ring (bicyclic) bond motifs is 10. The van der Waals surface area contributed by atoms with Gasteiger partial charge >= 0.3 is 0 Å². The van der Waals surface area contributed by atoms with Gasteiger partial charge in [-0.15, -0.1) is 0 Å². The smallest absolute Gasteiger partial charge is 0.0622 e. The van der Waals surface area contributed by atoms with Gasteiger partial charge < -0.3 is 0 Å². The Kier molecular flexibility index (Phi) is 12.2. The Balaban J connectivity index is 0.842. The van der Waals surface area contributed by atoms with Crippen LogP contribution < -0.4 is 0 Å². The standard InChI is InChI=1S/C85H56/c1-5-22-57(23-6-1)67-48-68(58-24-7-2-8-25-58)51-72(50-67)64-31-19-30-63(46-64)61-42-44-62(45-43-61)71-54-74(66-33-20-32-65(47-66)73-52-69(59-26-9-3-10-27-59)49-70(53-73)60-28-11-4-12-29-60)56-75(55-71)76-37-21-41-83-84(76)79-36-15-18-40-82(79)85(83)80-38-16-13-34-77(80)78-35-14-17-39-81(78)85/h1-56H. The Morgan fingerprint density at radius 2 is 0.353 bits per heavy atom. The summed E-state index contributed by atoms with van der Waals surface area (Å²) in [4.78, 5) is 0. The first-order chi connectivity index (χ1) is 42.1. The predicted molar refractivity (Wildman–Crippen MR) is 357 cm³/mol. The molecule has 14 aromatic carbocycles. The summed E-state index contributed by atoms with van der Waals surface area (Å²) in [6.45, 7) is 0. The highest BCUT2D eigenvalue weighted by molar-refractivity contribution is 6.01. The van der Waals surface area contributed by atoms with Gasteiger partial charge in [0.05, 0.1) is 5.41 Å². The summed E-state index contributed by atoms with van der Waals surface area (Å²) in [5, 5.41) is 0. The van der Waals surface area contributed by atoms with Crippen LogP contribution in [-0.4, -0.2) is 0 Å². The Morgan fingerprint density at radius 3 is 0.741 bits per heavy atom. The van der Waals surface area contributed by atoms with Crippen molar-refractivity contribution in [2.24, 2.45) is 0 Å². The van der Waals surface area contributed by atoms with Crippen molar-refractivity contribution >= 4 is 0 Å². The van der Waals surface area contributed by atoms with E-state index in [0.29, 0.717) is 0 Å². The van der Waals surface area contributed by atoms with Crippen molar-refractivity contribution in [3.8, 4) is 134 Å². The van der Waals surface area contributed by atoms with E-state index in [0.717, 1.165) is 22.3 Å². The second-order valence-electron chi connectivity index (χ2n) is 22.7. The molecule has 0 saturated carbocycles. The number of rotatable bonds is 10. The highest BCUT2D eigenvalue weighted by Crippen LogP contribution is 2.64. The Morgan fingerprint density at radius 1 is 0.129 bits per heavy atom. The molecule has 0 aromatic heterocycles. The van der Waals surface area contributed by atoms with Crippen molar-refractivity contribution < 1.29 is 0 Å². The molecular formula is C85H56. The minimum Gasteiger partial charge on any atom is -0.0622 e. The first kappa shape index (κ1) is 49.9. The summed E-state index contributed by atoms with van der Waals surface area (Å²) in [6.07, 6.45) is 0. The number of hydrogen-bond acceptors (Lipinski definition) is 0. The maximum atomic E-state index is 2.44. The topological polar surface area (TPSA) is 0 Å². The van der Waals surface area contributed by atoms with Gasteiger partial charge in [0.1, 0.15) is 0 Å². The highest BCUT2D eigenvalue weighted by Gasteiger charge is 2.52. The van der Waals surface area contributed by atoms with E-state index in [-0.39, 0.29) is 0 Å². The van der Waals surface area contributed by atoms with Crippen LogP contribution in [-0.2, 0) is 5.41 Å². The summed E-state index contributed by atoms with van der Waals surface area (Å²) in [5.41, 5.74) is 33.9. The Labute approximate surface area is 498 Å². The van der Waals surface area contributed by atoms with Crippen molar-refractivity contribution in [1.29, 1.82) is 0 Å². The Hall–Kier alpha value is -10.9. The van der Waals surface area contributed by atoms with Crippen LogP contribution in [0.5, 0.6) is 0 Å². The normalized spacial score (nSPS) is 12.3. The highest BCUT2D eigenvalue weighted by atomic mass is 14.5. The summed E-state index contributed by atoms with van der Waals surface area (Å²) in [5.74, 6) is 0. The molecule has 0 radical (unpaired) electrons. The molecule has 0 bridgehead atoms.